The van der Waals surface area contributed by atoms with E-state index >= 15 is 0 Å². The van der Waals surface area contributed by atoms with Gasteiger partial charge >= 0.3 is 0 Å². The first-order chi connectivity index (χ1) is 10.0. The van der Waals surface area contributed by atoms with Crippen LogP contribution in [-0.4, -0.2) is 19.1 Å². The lowest BCUT2D eigenvalue weighted by Crippen LogP contribution is -2.39. The largest absolute Gasteiger partial charge is 0.366 e. The minimum atomic E-state index is -0.427. The average molecular weight is 294 g/mol. The molecule has 1 saturated heterocycles. The number of anilines is 1. The van der Waals surface area contributed by atoms with Gasteiger partial charge in [0, 0.05) is 25.7 Å². The third-order valence-corrected chi connectivity index (χ3v) is 4.43. The molecule has 2 nitrogen and oxygen atoms in total. The van der Waals surface area contributed by atoms with Crippen LogP contribution in [0.3, 0.4) is 0 Å². The van der Waals surface area contributed by atoms with Crippen molar-refractivity contribution in [1.29, 1.82) is 0 Å². The first-order valence-electron chi connectivity index (χ1n) is 7.99. The van der Waals surface area contributed by atoms with Crippen LogP contribution in [-0.2, 0) is 6.54 Å². The van der Waals surface area contributed by atoms with E-state index in [0.717, 1.165) is 19.5 Å². The van der Waals surface area contributed by atoms with E-state index in [0.29, 0.717) is 30.0 Å². The molecule has 116 valence electrons. The fourth-order valence-corrected chi connectivity index (χ4v) is 3.42. The van der Waals surface area contributed by atoms with Crippen molar-refractivity contribution in [2.24, 2.45) is 11.8 Å². The van der Waals surface area contributed by atoms with Crippen LogP contribution in [0, 0.1) is 23.5 Å². The number of rotatable bonds is 4. The second-order valence-electron chi connectivity index (χ2n) is 6.91. The Hall–Kier alpha value is -1.16. The van der Waals surface area contributed by atoms with Crippen LogP contribution in [0.1, 0.15) is 38.7 Å². The Morgan fingerprint density at radius 3 is 2.19 bits per heavy atom. The number of piperidine rings is 1. The van der Waals surface area contributed by atoms with Crippen LogP contribution in [0.4, 0.5) is 14.5 Å². The fraction of sp³-hybridized carbons (Fsp3) is 0.647. The zero-order valence-electron chi connectivity index (χ0n) is 12.8. The average Bonchev–Trinajstić information content (AvgIpc) is 3.18. The van der Waals surface area contributed by atoms with Gasteiger partial charge in [0.2, 0.25) is 0 Å². The summed E-state index contributed by atoms with van der Waals surface area (Å²) >= 11 is 0. The first-order valence-corrected chi connectivity index (χ1v) is 7.99. The summed E-state index contributed by atoms with van der Waals surface area (Å²) in [5.74, 6) is 0.0975. The molecule has 1 saturated carbocycles. The standard InChI is InChI=1S/C17H24F2N2/c1-11-5-12(2)10-21(9-11)17-15(18)6-13(7-16(17)19)8-20-14-3-4-14/h6-7,11-12,14,20H,3-5,8-10H2,1-2H3. The lowest BCUT2D eigenvalue weighted by atomic mass is 9.91. The lowest BCUT2D eigenvalue weighted by Gasteiger charge is -2.37. The van der Waals surface area contributed by atoms with E-state index in [1.165, 1.54) is 25.0 Å². The van der Waals surface area contributed by atoms with Crippen LogP contribution in [0.2, 0.25) is 0 Å². The normalized spacial score (nSPS) is 26.2. The Bertz CT molecular complexity index is 481. The summed E-state index contributed by atoms with van der Waals surface area (Å²) in [5, 5.41) is 3.29. The van der Waals surface area contributed by atoms with Crippen molar-refractivity contribution in [3.8, 4) is 0 Å². The molecule has 2 atom stereocenters. The van der Waals surface area contributed by atoms with Crippen LogP contribution >= 0.6 is 0 Å². The van der Waals surface area contributed by atoms with E-state index in [-0.39, 0.29) is 5.69 Å². The molecule has 3 rings (SSSR count). The minimum Gasteiger partial charge on any atom is -0.366 e. The molecular formula is C17H24F2N2. The fourth-order valence-electron chi connectivity index (χ4n) is 3.42. The Morgan fingerprint density at radius 1 is 1.10 bits per heavy atom. The lowest BCUT2D eigenvalue weighted by molar-refractivity contribution is 0.351. The highest BCUT2D eigenvalue weighted by atomic mass is 19.1. The molecule has 1 aliphatic heterocycles. The SMILES string of the molecule is CC1CC(C)CN(c2c(F)cc(CNC3CC3)cc2F)C1. The van der Waals surface area contributed by atoms with Gasteiger partial charge in [-0.25, -0.2) is 8.78 Å². The summed E-state index contributed by atoms with van der Waals surface area (Å²) in [6.07, 6.45) is 3.47. The number of nitrogens with zero attached hydrogens (tertiary/aromatic N) is 1. The molecule has 1 aromatic carbocycles. The molecule has 2 unspecified atom stereocenters. The quantitative estimate of drug-likeness (QED) is 0.911. The molecule has 2 aliphatic rings. The maximum absolute atomic E-state index is 14.4. The van der Waals surface area contributed by atoms with Gasteiger partial charge in [-0.05, 0) is 48.8 Å². The molecule has 1 aromatic rings. The van der Waals surface area contributed by atoms with Crippen molar-refractivity contribution < 1.29 is 8.78 Å². The van der Waals surface area contributed by atoms with Crippen molar-refractivity contribution in [1.82, 2.24) is 5.32 Å². The Labute approximate surface area is 125 Å². The van der Waals surface area contributed by atoms with Crippen molar-refractivity contribution in [2.45, 2.75) is 45.7 Å². The third-order valence-electron chi connectivity index (χ3n) is 4.43. The van der Waals surface area contributed by atoms with E-state index < -0.39 is 11.6 Å². The minimum absolute atomic E-state index is 0.156. The Kier molecular flexibility index (Phi) is 4.16. The number of nitrogens with one attached hydrogen (secondary N) is 1. The van der Waals surface area contributed by atoms with E-state index in [4.69, 9.17) is 0 Å². The predicted molar refractivity (Wildman–Crippen MR) is 81.4 cm³/mol. The maximum atomic E-state index is 14.4. The predicted octanol–water partition coefficient (Wildman–Crippen LogP) is 3.70. The van der Waals surface area contributed by atoms with Gasteiger partial charge in [-0.15, -0.1) is 0 Å². The Balaban J connectivity index is 1.77. The Morgan fingerprint density at radius 2 is 1.67 bits per heavy atom. The first kappa shape index (κ1) is 14.8. The smallest absolute Gasteiger partial charge is 0.149 e. The molecular weight excluding hydrogens is 270 g/mol. The number of benzene rings is 1. The summed E-state index contributed by atoms with van der Waals surface area (Å²) in [7, 11) is 0. The topological polar surface area (TPSA) is 15.3 Å². The summed E-state index contributed by atoms with van der Waals surface area (Å²) in [4.78, 5) is 1.88. The molecule has 21 heavy (non-hydrogen) atoms. The van der Waals surface area contributed by atoms with E-state index in [1.807, 2.05) is 4.90 Å². The molecule has 0 radical (unpaired) electrons. The number of halogens is 2. The van der Waals surface area contributed by atoms with Gasteiger partial charge in [0.15, 0.2) is 0 Å². The summed E-state index contributed by atoms with van der Waals surface area (Å²) in [5.41, 5.74) is 0.849. The van der Waals surface area contributed by atoms with Crippen molar-refractivity contribution in [3.63, 3.8) is 0 Å². The molecule has 0 bridgehead atoms. The molecule has 4 heteroatoms. The van der Waals surface area contributed by atoms with Crippen LogP contribution < -0.4 is 10.2 Å². The van der Waals surface area contributed by atoms with Gasteiger partial charge in [0.25, 0.3) is 0 Å². The van der Waals surface area contributed by atoms with E-state index in [1.54, 1.807) is 0 Å². The molecule has 0 aromatic heterocycles. The molecule has 1 N–H and O–H groups in total. The zero-order chi connectivity index (χ0) is 15.0. The second-order valence-corrected chi connectivity index (χ2v) is 6.91. The van der Waals surface area contributed by atoms with Crippen LogP contribution in [0.25, 0.3) is 0 Å². The summed E-state index contributed by atoms with van der Waals surface area (Å²) < 4.78 is 28.8. The van der Waals surface area contributed by atoms with Gasteiger partial charge in [0.1, 0.15) is 17.3 Å². The van der Waals surface area contributed by atoms with Gasteiger partial charge in [-0.2, -0.15) is 0 Å². The van der Waals surface area contributed by atoms with Gasteiger partial charge in [0.05, 0.1) is 0 Å². The highest BCUT2D eigenvalue weighted by Gasteiger charge is 2.27. The number of hydrogen-bond donors (Lipinski definition) is 1. The van der Waals surface area contributed by atoms with Gasteiger partial charge in [-0.1, -0.05) is 13.8 Å². The van der Waals surface area contributed by atoms with Crippen molar-refractivity contribution >= 4 is 5.69 Å². The maximum Gasteiger partial charge on any atom is 0.149 e. The van der Waals surface area contributed by atoms with Crippen LogP contribution in [0.5, 0.6) is 0 Å². The van der Waals surface area contributed by atoms with Gasteiger partial charge < -0.3 is 10.2 Å². The van der Waals surface area contributed by atoms with Crippen molar-refractivity contribution in [3.05, 3.63) is 29.3 Å². The van der Waals surface area contributed by atoms with Gasteiger partial charge in [-0.3, -0.25) is 0 Å². The summed E-state index contributed by atoms with van der Waals surface area (Å²) in [6.45, 7) is 6.31. The summed E-state index contributed by atoms with van der Waals surface area (Å²) in [6, 6.07) is 3.51. The molecule has 0 spiro atoms. The molecule has 0 amide bonds. The van der Waals surface area contributed by atoms with Crippen LogP contribution in [0.15, 0.2) is 12.1 Å². The highest BCUT2D eigenvalue weighted by Crippen LogP contribution is 2.31. The number of hydrogen-bond acceptors (Lipinski definition) is 2. The highest BCUT2D eigenvalue weighted by molar-refractivity contribution is 5.51. The second kappa shape index (κ2) is 5.91. The third kappa shape index (κ3) is 3.54. The molecule has 1 heterocycles. The van der Waals surface area contributed by atoms with E-state index in [9.17, 15) is 8.78 Å². The molecule has 2 fully saturated rings. The molecule has 1 aliphatic carbocycles. The monoisotopic (exact) mass is 294 g/mol. The van der Waals surface area contributed by atoms with E-state index in [2.05, 4.69) is 19.2 Å². The zero-order valence-corrected chi connectivity index (χ0v) is 12.8. The van der Waals surface area contributed by atoms with Crippen molar-refractivity contribution in [2.75, 3.05) is 18.0 Å².